The van der Waals surface area contributed by atoms with E-state index in [0.29, 0.717) is 37.4 Å². The maximum absolute atomic E-state index is 12.5. The highest BCUT2D eigenvalue weighted by atomic mass is 32.2. The fraction of sp³-hybridized carbons (Fsp3) is 0.500. The van der Waals surface area contributed by atoms with Crippen molar-refractivity contribution in [3.8, 4) is 6.07 Å². The van der Waals surface area contributed by atoms with Crippen molar-refractivity contribution in [1.82, 2.24) is 4.31 Å². The van der Waals surface area contributed by atoms with E-state index in [2.05, 4.69) is 0 Å². The van der Waals surface area contributed by atoms with Crippen molar-refractivity contribution in [3.63, 3.8) is 0 Å². The number of nitrogens with zero attached hydrogens (tertiary/aromatic N) is 2. The van der Waals surface area contributed by atoms with Gasteiger partial charge in [-0.2, -0.15) is 9.57 Å². The summed E-state index contributed by atoms with van der Waals surface area (Å²) >= 11 is 0. The van der Waals surface area contributed by atoms with E-state index in [4.69, 9.17) is 10.00 Å². The third kappa shape index (κ3) is 3.79. The van der Waals surface area contributed by atoms with Crippen molar-refractivity contribution in [1.29, 1.82) is 5.26 Å². The minimum absolute atomic E-state index is 0.215. The molecule has 0 unspecified atom stereocenters. The molecule has 0 fully saturated rings. The molecule has 0 saturated heterocycles. The second-order valence-electron chi connectivity index (χ2n) is 4.28. The highest BCUT2D eigenvalue weighted by molar-refractivity contribution is 7.89. The number of aryl methyl sites for hydroxylation is 1. The molecule has 0 aliphatic rings. The standard InChI is InChI=1S/C14H20N2O3S/c1-4-16(8-9-19-5-2)20(17,18)14-7-6-13(11-15)12(3)10-14/h6-7,10H,4-5,8-9H2,1-3H3. The molecule has 0 N–H and O–H groups in total. The van der Waals surface area contributed by atoms with Crippen LogP contribution in [-0.4, -0.2) is 39.0 Å². The fourth-order valence-corrected chi connectivity index (χ4v) is 3.35. The number of hydrogen-bond acceptors (Lipinski definition) is 4. The summed E-state index contributed by atoms with van der Waals surface area (Å²) in [5, 5.41) is 8.88. The summed E-state index contributed by atoms with van der Waals surface area (Å²) in [5.74, 6) is 0. The largest absolute Gasteiger partial charge is 0.380 e. The zero-order valence-corrected chi connectivity index (χ0v) is 12.9. The maximum atomic E-state index is 12.5. The van der Waals surface area contributed by atoms with Crippen molar-refractivity contribution < 1.29 is 13.2 Å². The minimum Gasteiger partial charge on any atom is -0.380 e. The van der Waals surface area contributed by atoms with Crippen LogP contribution < -0.4 is 0 Å². The first-order chi connectivity index (χ1) is 9.47. The van der Waals surface area contributed by atoms with Gasteiger partial charge in [-0.25, -0.2) is 8.42 Å². The van der Waals surface area contributed by atoms with Gasteiger partial charge < -0.3 is 4.74 Å². The minimum atomic E-state index is -3.54. The molecule has 0 atom stereocenters. The lowest BCUT2D eigenvalue weighted by atomic mass is 10.1. The van der Waals surface area contributed by atoms with Gasteiger partial charge in [-0.3, -0.25) is 0 Å². The van der Waals surface area contributed by atoms with E-state index in [1.54, 1.807) is 19.9 Å². The summed E-state index contributed by atoms with van der Waals surface area (Å²) in [6.07, 6.45) is 0. The molecule has 5 nitrogen and oxygen atoms in total. The Hall–Kier alpha value is -1.42. The number of nitriles is 1. The lowest BCUT2D eigenvalue weighted by molar-refractivity contribution is 0.135. The smallest absolute Gasteiger partial charge is 0.243 e. The van der Waals surface area contributed by atoms with Crippen molar-refractivity contribution in [2.24, 2.45) is 0 Å². The second kappa shape index (κ2) is 7.39. The number of rotatable bonds is 7. The van der Waals surface area contributed by atoms with Crippen molar-refractivity contribution >= 4 is 10.0 Å². The van der Waals surface area contributed by atoms with E-state index in [0.717, 1.165) is 0 Å². The first-order valence-corrected chi connectivity index (χ1v) is 8.00. The van der Waals surface area contributed by atoms with Gasteiger partial charge in [-0.15, -0.1) is 0 Å². The van der Waals surface area contributed by atoms with Crippen molar-refractivity contribution in [2.75, 3.05) is 26.3 Å². The van der Waals surface area contributed by atoms with Crippen LogP contribution in [0.2, 0.25) is 0 Å². The number of likely N-dealkylation sites (N-methyl/N-ethyl adjacent to an activating group) is 1. The van der Waals surface area contributed by atoms with Crippen LogP contribution in [0.15, 0.2) is 23.1 Å². The van der Waals surface area contributed by atoms with E-state index >= 15 is 0 Å². The Morgan fingerprint density at radius 2 is 2.05 bits per heavy atom. The highest BCUT2D eigenvalue weighted by Crippen LogP contribution is 2.19. The van der Waals surface area contributed by atoms with Gasteiger partial charge in [0, 0.05) is 19.7 Å². The predicted molar refractivity (Wildman–Crippen MR) is 76.8 cm³/mol. The number of sulfonamides is 1. The predicted octanol–water partition coefficient (Wildman–Crippen LogP) is 1.91. The average molecular weight is 296 g/mol. The molecule has 0 saturated carbocycles. The van der Waals surface area contributed by atoms with Crippen LogP contribution >= 0.6 is 0 Å². The van der Waals surface area contributed by atoms with Gasteiger partial charge >= 0.3 is 0 Å². The fourth-order valence-electron chi connectivity index (χ4n) is 1.83. The summed E-state index contributed by atoms with van der Waals surface area (Å²) in [5.41, 5.74) is 1.15. The molecule has 0 spiro atoms. The van der Waals surface area contributed by atoms with E-state index in [-0.39, 0.29) is 4.90 Å². The Morgan fingerprint density at radius 1 is 1.35 bits per heavy atom. The molecule has 1 aromatic carbocycles. The molecule has 0 heterocycles. The van der Waals surface area contributed by atoms with Crippen LogP contribution in [0.1, 0.15) is 25.0 Å². The zero-order valence-electron chi connectivity index (χ0n) is 12.1. The SMILES string of the molecule is CCOCCN(CC)S(=O)(=O)c1ccc(C#N)c(C)c1. The summed E-state index contributed by atoms with van der Waals surface area (Å²) in [6, 6.07) is 6.59. The van der Waals surface area contributed by atoms with E-state index in [9.17, 15) is 8.42 Å². The average Bonchev–Trinajstić information content (AvgIpc) is 2.43. The van der Waals surface area contributed by atoms with Crippen molar-refractivity contribution in [3.05, 3.63) is 29.3 Å². The third-order valence-electron chi connectivity index (χ3n) is 3.00. The van der Waals surface area contributed by atoms with Gasteiger partial charge in [0.25, 0.3) is 0 Å². The van der Waals surface area contributed by atoms with Gasteiger partial charge in [-0.05, 0) is 37.6 Å². The number of ether oxygens (including phenoxy) is 1. The third-order valence-corrected chi connectivity index (χ3v) is 4.97. The van der Waals surface area contributed by atoms with Gasteiger partial charge in [0.2, 0.25) is 10.0 Å². The van der Waals surface area contributed by atoms with Crippen LogP contribution in [-0.2, 0) is 14.8 Å². The van der Waals surface area contributed by atoms with Crippen LogP contribution in [0, 0.1) is 18.3 Å². The maximum Gasteiger partial charge on any atom is 0.243 e. The van der Waals surface area contributed by atoms with Crippen LogP contribution in [0.4, 0.5) is 0 Å². The molecule has 0 radical (unpaired) electrons. The molecule has 20 heavy (non-hydrogen) atoms. The Bertz CT molecular complexity index is 591. The quantitative estimate of drug-likeness (QED) is 0.721. The summed E-state index contributed by atoms with van der Waals surface area (Å²) in [7, 11) is -3.54. The van der Waals surface area contributed by atoms with Gasteiger partial charge in [0.1, 0.15) is 0 Å². The first-order valence-electron chi connectivity index (χ1n) is 6.56. The van der Waals surface area contributed by atoms with Gasteiger partial charge in [0.15, 0.2) is 0 Å². The van der Waals surface area contributed by atoms with Crippen LogP contribution in [0.3, 0.4) is 0 Å². The van der Waals surface area contributed by atoms with E-state index < -0.39 is 10.0 Å². The lowest BCUT2D eigenvalue weighted by Crippen LogP contribution is -2.34. The molecule has 1 aromatic rings. The monoisotopic (exact) mass is 296 g/mol. The molecule has 0 aliphatic carbocycles. The molecule has 0 aliphatic heterocycles. The Morgan fingerprint density at radius 3 is 2.55 bits per heavy atom. The Balaban J connectivity index is 3.02. The van der Waals surface area contributed by atoms with Gasteiger partial charge in [-0.1, -0.05) is 6.92 Å². The molecule has 0 amide bonds. The molecule has 6 heteroatoms. The van der Waals surface area contributed by atoms with E-state index in [1.807, 2.05) is 13.0 Å². The Kier molecular flexibility index (Phi) is 6.14. The van der Waals surface area contributed by atoms with Crippen molar-refractivity contribution in [2.45, 2.75) is 25.7 Å². The highest BCUT2D eigenvalue weighted by Gasteiger charge is 2.23. The summed E-state index contributed by atoms with van der Waals surface area (Å²) in [6.45, 7) is 7.04. The Labute approximate surface area is 120 Å². The van der Waals surface area contributed by atoms with Gasteiger partial charge in [0.05, 0.1) is 23.1 Å². The molecular weight excluding hydrogens is 276 g/mol. The second-order valence-corrected chi connectivity index (χ2v) is 6.22. The number of benzene rings is 1. The van der Waals surface area contributed by atoms with E-state index in [1.165, 1.54) is 16.4 Å². The van der Waals surface area contributed by atoms with Crippen LogP contribution in [0.5, 0.6) is 0 Å². The molecule has 0 bridgehead atoms. The molecule has 0 aromatic heterocycles. The summed E-state index contributed by atoms with van der Waals surface area (Å²) < 4.78 is 31.6. The lowest BCUT2D eigenvalue weighted by Gasteiger charge is -2.20. The molecule has 1 rings (SSSR count). The zero-order chi connectivity index (χ0) is 15.2. The normalized spacial score (nSPS) is 11.6. The topological polar surface area (TPSA) is 70.4 Å². The number of hydrogen-bond donors (Lipinski definition) is 0. The molecule has 110 valence electrons. The summed E-state index contributed by atoms with van der Waals surface area (Å²) in [4.78, 5) is 0.215. The molecular formula is C14H20N2O3S. The van der Waals surface area contributed by atoms with Crippen LogP contribution in [0.25, 0.3) is 0 Å². The first kappa shape index (κ1) is 16.6.